The molecule has 240 valence electrons. The van der Waals surface area contributed by atoms with Gasteiger partial charge in [-0.25, -0.2) is 4.79 Å². The van der Waals surface area contributed by atoms with Gasteiger partial charge in [-0.3, -0.25) is 9.59 Å². The first-order valence-electron chi connectivity index (χ1n) is 15.8. The van der Waals surface area contributed by atoms with Gasteiger partial charge in [0.15, 0.2) is 0 Å². The number of ether oxygens (including phenoxy) is 1. The molecule has 0 saturated carbocycles. The fourth-order valence-electron chi connectivity index (χ4n) is 5.80. The Morgan fingerprint density at radius 1 is 0.872 bits per heavy atom. The number of piperazine rings is 1. The van der Waals surface area contributed by atoms with Crippen molar-refractivity contribution in [3.05, 3.63) is 115 Å². The molecule has 4 aromatic rings. The van der Waals surface area contributed by atoms with E-state index in [4.69, 9.17) is 4.74 Å². The number of fused-ring (bicyclic) bond motifs is 2. The van der Waals surface area contributed by atoms with Crippen LogP contribution in [0.25, 0.3) is 11.1 Å². The van der Waals surface area contributed by atoms with E-state index in [1.807, 2.05) is 81.4 Å². The van der Waals surface area contributed by atoms with E-state index in [1.54, 1.807) is 15.9 Å². The van der Waals surface area contributed by atoms with Gasteiger partial charge in [-0.05, 0) is 86.0 Å². The van der Waals surface area contributed by atoms with Crippen molar-refractivity contribution in [3.63, 3.8) is 0 Å². The second-order valence-electron chi connectivity index (χ2n) is 12.7. The Bertz CT molecular complexity index is 1810. The van der Waals surface area contributed by atoms with E-state index in [-0.39, 0.29) is 17.9 Å². The Morgan fingerprint density at radius 2 is 1.55 bits per heavy atom. The molecule has 0 radical (unpaired) electrons. The normalized spacial score (nSPS) is 14.4. The topological polar surface area (TPSA) is 94.2 Å². The predicted octanol–water partition coefficient (Wildman–Crippen LogP) is 7.44. The summed E-state index contributed by atoms with van der Waals surface area (Å²) in [5.74, 6) is -0.474. The Balaban J connectivity index is 1.24. The number of nitrogens with one attached hydrogen (secondary N) is 2. The maximum absolute atomic E-state index is 14.3. The van der Waals surface area contributed by atoms with Gasteiger partial charge in [0.25, 0.3) is 5.91 Å². The third-order valence-corrected chi connectivity index (χ3v) is 8.19. The highest BCUT2D eigenvalue weighted by atomic mass is 16.6. The molecule has 0 spiro atoms. The van der Waals surface area contributed by atoms with Gasteiger partial charge in [0, 0.05) is 37.6 Å². The lowest BCUT2D eigenvalue weighted by atomic mass is 10.0. The zero-order chi connectivity index (χ0) is 33.1. The van der Waals surface area contributed by atoms with Gasteiger partial charge < -0.3 is 30.1 Å². The third kappa shape index (κ3) is 7.14. The van der Waals surface area contributed by atoms with Crippen LogP contribution in [0.15, 0.2) is 104 Å². The molecule has 4 aromatic carbocycles. The molecule has 6 rings (SSSR count). The molecule has 2 N–H and O–H groups in total. The van der Waals surface area contributed by atoms with E-state index in [0.29, 0.717) is 55.3 Å². The maximum atomic E-state index is 14.3. The Hall–Kier alpha value is -5.57. The standard InChI is InChI=1S/C38H39N5O4/c1-5-35(44)39-29-14-18-33-34(24-29)43(25-26-9-7-6-8-10-26)36(45)31-23-28(13-17-32(31)40-33)27-11-15-30(16-12-27)41-19-21-42(22-20-41)37(46)47-38(2,3)4/h5-18,23-24,40H,1,19-22,25H2,2-4H3,(H,39,44). The molecule has 1 saturated heterocycles. The molecule has 2 heterocycles. The van der Waals surface area contributed by atoms with Crippen molar-refractivity contribution < 1.29 is 19.1 Å². The largest absolute Gasteiger partial charge is 0.444 e. The number of benzene rings is 4. The van der Waals surface area contributed by atoms with E-state index < -0.39 is 5.60 Å². The maximum Gasteiger partial charge on any atom is 0.410 e. The van der Waals surface area contributed by atoms with Crippen LogP contribution >= 0.6 is 0 Å². The lowest BCUT2D eigenvalue weighted by molar-refractivity contribution is -0.111. The van der Waals surface area contributed by atoms with Crippen molar-refractivity contribution in [3.8, 4) is 11.1 Å². The van der Waals surface area contributed by atoms with Gasteiger partial charge >= 0.3 is 6.09 Å². The molecular weight excluding hydrogens is 590 g/mol. The summed E-state index contributed by atoms with van der Waals surface area (Å²) in [4.78, 5) is 44.6. The minimum atomic E-state index is -0.515. The number of nitrogens with zero attached hydrogens (tertiary/aromatic N) is 3. The van der Waals surface area contributed by atoms with Crippen LogP contribution in [0.1, 0.15) is 36.7 Å². The van der Waals surface area contributed by atoms with Crippen LogP contribution in [0.5, 0.6) is 0 Å². The van der Waals surface area contributed by atoms with Crippen LogP contribution in [-0.2, 0) is 16.1 Å². The summed E-state index contributed by atoms with van der Waals surface area (Å²) in [7, 11) is 0. The van der Waals surface area contributed by atoms with Crippen molar-refractivity contribution in [2.45, 2.75) is 32.9 Å². The second kappa shape index (κ2) is 13.0. The highest BCUT2D eigenvalue weighted by Gasteiger charge is 2.29. The van der Waals surface area contributed by atoms with Crippen LogP contribution in [-0.4, -0.2) is 54.6 Å². The molecule has 2 aliphatic rings. The van der Waals surface area contributed by atoms with Crippen molar-refractivity contribution in [1.29, 1.82) is 0 Å². The zero-order valence-electron chi connectivity index (χ0n) is 27.0. The molecule has 2 aliphatic heterocycles. The number of hydrogen-bond acceptors (Lipinski definition) is 6. The summed E-state index contributed by atoms with van der Waals surface area (Å²) < 4.78 is 5.53. The zero-order valence-corrected chi connectivity index (χ0v) is 27.0. The van der Waals surface area contributed by atoms with Crippen molar-refractivity contribution in [2.75, 3.05) is 46.6 Å². The number of amides is 3. The molecule has 9 nitrogen and oxygen atoms in total. The van der Waals surface area contributed by atoms with Gasteiger partial charge in [-0.1, -0.05) is 55.1 Å². The molecule has 1 fully saturated rings. The summed E-state index contributed by atoms with van der Waals surface area (Å²) >= 11 is 0. The smallest absolute Gasteiger partial charge is 0.410 e. The summed E-state index contributed by atoms with van der Waals surface area (Å²) in [5.41, 5.74) is 6.70. The van der Waals surface area contributed by atoms with Gasteiger partial charge in [0.1, 0.15) is 5.60 Å². The first-order chi connectivity index (χ1) is 22.6. The Morgan fingerprint density at radius 3 is 2.23 bits per heavy atom. The average molecular weight is 630 g/mol. The van der Waals surface area contributed by atoms with Crippen molar-refractivity contribution in [2.24, 2.45) is 0 Å². The van der Waals surface area contributed by atoms with Crippen LogP contribution in [0.3, 0.4) is 0 Å². The van der Waals surface area contributed by atoms with Crippen molar-refractivity contribution in [1.82, 2.24) is 4.90 Å². The van der Waals surface area contributed by atoms with Gasteiger partial charge in [-0.15, -0.1) is 0 Å². The lowest BCUT2D eigenvalue weighted by Crippen LogP contribution is -2.50. The summed E-state index contributed by atoms with van der Waals surface area (Å²) in [6.07, 6.45) is 0.943. The third-order valence-electron chi connectivity index (χ3n) is 8.19. The lowest BCUT2D eigenvalue weighted by Gasteiger charge is -2.36. The minimum Gasteiger partial charge on any atom is -0.444 e. The van der Waals surface area contributed by atoms with Gasteiger partial charge in [0.2, 0.25) is 5.91 Å². The molecule has 0 bridgehead atoms. The average Bonchev–Trinajstić information content (AvgIpc) is 3.18. The molecule has 9 heteroatoms. The number of anilines is 5. The molecule has 0 unspecified atom stereocenters. The van der Waals surface area contributed by atoms with Crippen LogP contribution in [0.4, 0.5) is 33.2 Å². The van der Waals surface area contributed by atoms with E-state index in [0.717, 1.165) is 28.1 Å². The summed E-state index contributed by atoms with van der Waals surface area (Å²) in [5, 5.41) is 6.27. The molecule has 0 aliphatic carbocycles. The van der Waals surface area contributed by atoms with Crippen LogP contribution in [0, 0.1) is 0 Å². The molecule has 0 atom stereocenters. The summed E-state index contributed by atoms with van der Waals surface area (Å²) in [6, 6.07) is 29.5. The quantitative estimate of drug-likeness (QED) is 0.215. The van der Waals surface area contributed by atoms with Gasteiger partial charge in [-0.2, -0.15) is 0 Å². The Kier molecular flexibility index (Phi) is 8.72. The second-order valence-corrected chi connectivity index (χ2v) is 12.7. The predicted molar refractivity (Wildman–Crippen MR) is 187 cm³/mol. The fraction of sp³-hybridized carbons (Fsp3) is 0.237. The monoisotopic (exact) mass is 629 g/mol. The van der Waals surface area contributed by atoms with E-state index in [2.05, 4.69) is 46.4 Å². The van der Waals surface area contributed by atoms with Crippen molar-refractivity contribution >= 4 is 46.3 Å². The minimum absolute atomic E-state index is 0.149. The number of carbonyl (C=O) groups is 3. The van der Waals surface area contributed by atoms with E-state index >= 15 is 0 Å². The highest BCUT2D eigenvalue weighted by molar-refractivity contribution is 6.14. The van der Waals surface area contributed by atoms with Crippen LogP contribution in [0.2, 0.25) is 0 Å². The number of hydrogen-bond donors (Lipinski definition) is 2. The number of rotatable bonds is 6. The van der Waals surface area contributed by atoms with E-state index in [1.165, 1.54) is 6.08 Å². The Labute approximate surface area is 275 Å². The van der Waals surface area contributed by atoms with Gasteiger partial charge in [0.05, 0.1) is 29.2 Å². The SMILES string of the molecule is C=CC(=O)Nc1ccc2c(c1)N(Cc1ccccc1)C(=O)c1cc(-c3ccc(N4CCN(C(=O)OC(C)(C)C)CC4)cc3)ccc1N2. The fourth-order valence-corrected chi connectivity index (χ4v) is 5.80. The molecular formula is C38H39N5O4. The molecule has 0 aromatic heterocycles. The highest BCUT2D eigenvalue weighted by Crippen LogP contribution is 2.40. The molecule has 3 amide bonds. The first kappa shape index (κ1) is 31.4. The summed E-state index contributed by atoms with van der Waals surface area (Å²) in [6.45, 7) is 12.2. The van der Waals surface area contributed by atoms with Crippen LogP contribution < -0.4 is 20.4 Å². The molecule has 47 heavy (non-hydrogen) atoms. The van der Waals surface area contributed by atoms with E-state index in [9.17, 15) is 14.4 Å². The number of carbonyl (C=O) groups excluding carboxylic acids is 3. The first-order valence-corrected chi connectivity index (χ1v) is 15.8.